The third-order valence-corrected chi connectivity index (χ3v) is 7.86. The van der Waals surface area contributed by atoms with Gasteiger partial charge in [0.25, 0.3) is 21.7 Å². The zero-order valence-electron chi connectivity index (χ0n) is 20.5. The van der Waals surface area contributed by atoms with Crippen LogP contribution in [0.15, 0.2) is 41.2 Å². The van der Waals surface area contributed by atoms with Crippen LogP contribution >= 0.6 is 34.2 Å². The molecule has 4 N–H and O–H groups in total. The van der Waals surface area contributed by atoms with E-state index in [1.165, 1.54) is 55.9 Å². The number of hydrogen-bond acceptors (Lipinski definition) is 6. The van der Waals surface area contributed by atoms with E-state index in [-0.39, 0.29) is 50.9 Å². The molecule has 0 saturated heterocycles. The lowest BCUT2D eigenvalue weighted by Gasteiger charge is -2.22. The van der Waals surface area contributed by atoms with Gasteiger partial charge in [0.05, 0.1) is 16.9 Å². The predicted molar refractivity (Wildman–Crippen MR) is 152 cm³/mol. The molecule has 1 aromatic heterocycles. The monoisotopic (exact) mass is 675 g/mol. The van der Waals surface area contributed by atoms with Gasteiger partial charge in [-0.05, 0) is 72.7 Å². The van der Waals surface area contributed by atoms with Gasteiger partial charge in [0.15, 0.2) is 5.75 Å². The summed E-state index contributed by atoms with van der Waals surface area (Å²) >= 11 is 8.42. The Morgan fingerprint density at radius 2 is 1.92 bits per heavy atom. The Hall–Kier alpha value is -2.88. The summed E-state index contributed by atoms with van der Waals surface area (Å²) in [5, 5.41) is 5.66. The number of benzene rings is 2. The first-order valence-corrected chi connectivity index (χ1v) is 14.3. The molecule has 4 rings (SSSR count). The highest BCUT2D eigenvalue weighted by atomic mass is 127. The third-order valence-electron chi connectivity index (χ3n) is 5.78. The maximum Gasteiger partial charge on any atom is 0.298 e. The fraction of sp³-hybridized carbons (Fsp3) is 0.250. The maximum absolute atomic E-state index is 14.7. The van der Waals surface area contributed by atoms with Crippen molar-refractivity contribution in [1.29, 1.82) is 0 Å². The van der Waals surface area contributed by atoms with Gasteiger partial charge in [-0.1, -0.05) is 17.7 Å². The molecule has 1 saturated carbocycles. The van der Waals surface area contributed by atoms with E-state index < -0.39 is 27.5 Å². The quantitative estimate of drug-likeness (QED) is 0.249. The summed E-state index contributed by atoms with van der Waals surface area (Å²) in [4.78, 5) is 26.7. The second kappa shape index (κ2) is 11.1. The number of rotatable bonds is 9. The number of amides is 1. The Labute approximate surface area is 237 Å². The molecule has 2 aromatic carbocycles. The smallest absolute Gasteiger partial charge is 0.298 e. The van der Waals surface area contributed by atoms with Crippen LogP contribution in [0.1, 0.15) is 28.8 Å². The Morgan fingerprint density at radius 3 is 2.55 bits per heavy atom. The van der Waals surface area contributed by atoms with Gasteiger partial charge in [-0.15, -0.1) is 0 Å². The number of pyridine rings is 1. The largest absolute Gasteiger partial charge is 0.454 e. The molecule has 0 unspecified atom stereocenters. The number of anilines is 3. The molecule has 0 radical (unpaired) electrons. The van der Waals surface area contributed by atoms with Crippen LogP contribution in [0.2, 0.25) is 5.02 Å². The molecule has 3 aromatic rings. The van der Waals surface area contributed by atoms with Crippen molar-refractivity contribution < 1.29 is 22.3 Å². The summed E-state index contributed by atoms with van der Waals surface area (Å²) in [6.07, 6.45) is 1.61. The Kier molecular flexibility index (Phi) is 8.20. The van der Waals surface area contributed by atoms with Crippen molar-refractivity contribution in [2.24, 2.45) is 7.05 Å². The van der Waals surface area contributed by atoms with E-state index in [4.69, 9.17) is 16.3 Å². The summed E-state index contributed by atoms with van der Waals surface area (Å²) < 4.78 is 51.0. The van der Waals surface area contributed by atoms with E-state index in [1.54, 1.807) is 6.07 Å². The summed E-state index contributed by atoms with van der Waals surface area (Å²) in [5.41, 5.74) is -0.369. The minimum absolute atomic E-state index is 0.00816. The molecular formula is C24H24ClFIN5O5S. The van der Waals surface area contributed by atoms with Gasteiger partial charge < -0.3 is 15.4 Å². The average Bonchev–Trinajstić information content (AvgIpc) is 3.68. The molecule has 1 fully saturated rings. The highest BCUT2D eigenvalue weighted by Gasteiger charge is 2.31. The summed E-state index contributed by atoms with van der Waals surface area (Å²) in [6.45, 7) is 1.49. The lowest BCUT2D eigenvalue weighted by Crippen LogP contribution is -2.31. The number of carbonyl (C=O) groups is 1. The van der Waals surface area contributed by atoms with Crippen LogP contribution < -0.4 is 30.4 Å². The molecule has 1 heterocycles. The molecule has 10 nitrogen and oxygen atoms in total. The van der Waals surface area contributed by atoms with E-state index >= 15 is 0 Å². The summed E-state index contributed by atoms with van der Waals surface area (Å²) in [7, 11) is -1.20. The van der Waals surface area contributed by atoms with Crippen molar-refractivity contribution in [3.8, 4) is 11.5 Å². The Balaban J connectivity index is 1.87. The molecule has 38 heavy (non-hydrogen) atoms. The van der Waals surface area contributed by atoms with Gasteiger partial charge in [0, 0.05) is 23.7 Å². The van der Waals surface area contributed by atoms with Gasteiger partial charge in [0.1, 0.15) is 28.0 Å². The average molecular weight is 676 g/mol. The molecule has 1 aliphatic carbocycles. The normalized spacial score (nSPS) is 13.2. The van der Waals surface area contributed by atoms with Gasteiger partial charge >= 0.3 is 0 Å². The molecule has 1 amide bonds. The molecular weight excluding hydrogens is 652 g/mol. The van der Waals surface area contributed by atoms with Crippen LogP contribution in [0.5, 0.6) is 11.5 Å². The summed E-state index contributed by atoms with van der Waals surface area (Å²) in [5.74, 6) is -1.20. The topological polar surface area (TPSA) is 131 Å². The molecule has 14 heteroatoms. The second-order valence-electron chi connectivity index (χ2n) is 8.57. The van der Waals surface area contributed by atoms with Gasteiger partial charge in [-0.3, -0.25) is 18.9 Å². The summed E-state index contributed by atoms with van der Waals surface area (Å²) in [6, 6.07) is 8.84. The van der Waals surface area contributed by atoms with Gasteiger partial charge in [-0.2, -0.15) is 8.42 Å². The number of hydrogen-bond donors (Lipinski definition) is 4. The van der Waals surface area contributed by atoms with Crippen molar-refractivity contribution in [1.82, 2.24) is 14.6 Å². The number of ether oxygens (including phenoxy) is 1. The van der Waals surface area contributed by atoms with Crippen molar-refractivity contribution in [3.63, 3.8) is 0 Å². The van der Waals surface area contributed by atoms with Crippen molar-refractivity contribution >= 4 is 67.5 Å². The molecule has 0 bridgehead atoms. The maximum atomic E-state index is 14.7. The minimum atomic E-state index is -3.89. The first-order chi connectivity index (χ1) is 17.9. The number of aromatic nitrogens is 1. The van der Waals surface area contributed by atoms with Crippen LogP contribution in [0.3, 0.4) is 0 Å². The second-order valence-corrected chi connectivity index (χ2v) is 11.8. The lowest BCUT2D eigenvalue weighted by molar-refractivity contribution is 0.0948. The van der Waals surface area contributed by atoms with Crippen molar-refractivity contribution in [3.05, 3.63) is 72.3 Å². The zero-order chi connectivity index (χ0) is 27.8. The molecule has 0 spiro atoms. The van der Waals surface area contributed by atoms with E-state index in [9.17, 15) is 22.4 Å². The van der Waals surface area contributed by atoms with Crippen molar-refractivity contribution in [2.75, 3.05) is 17.1 Å². The zero-order valence-corrected chi connectivity index (χ0v) is 24.2. The standard InChI is InChI=1S/C24H24ClFIN5O5S/c1-12-21(37-18-6-4-5-17(20(18)25)31-38(35,36)28-2)19(23(33)29-14-8-9-14)22(32(3)24(12)34)30-16-10-7-13(27)11-15(16)26/h4-7,10-11,14,28,30-31H,8-9H2,1-3H3,(H,29,33). The van der Waals surface area contributed by atoms with E-state index in [0.29, 0.717) is 3.57 Å². The van der Waals surface area contributed by atoms with Crippen molar-refractivity contribution in [2.45, 2.75) is 25.8 Å². The molecule has 1 aliphatic rings. The highest BCUT2D eigenvalue weighted by Crippen LogP contribution is 2.39. The van der Waals surface area contributed by atoms with Crippen LogP contribution in [-0.4, -0.2) is 32.0 Å². The van der Waals surface area contributed by atoms with E-state index in [0.717, 1.165) is 12.8 Å². The SMILES string of the molecule is CNS(=O)(=O)Nc1cccc(Oc2c(C(=O)NC3CC3)c(Nc3ccc(I)cc3F)n(C)c(=O)c2C)c1Cl. The lowest BCUT2D eigenvalue weighted by atomic mass is 10.1. The number of carbonyl (C=O) groups excluding carboxylic acids is 1. The number of nitrogens with zero attached hydrogens (tertiary/aromatic N) is 1. The highest BCUT2D eigenvalue weighted by molar-refractivity contribution is 14.1. The van der Waals surface area contributed by atoms with Gasteiger partial charge in [-0.25, -0.2) is 9.11 Å². The predicted octanol–water partition coefficient (Wildman–Crippen LogP) is 4.40. The van der Waals surface area contributed by atoms with Crippen LogP contribution in [-0.2, 0) is 17.3 Å². The van der Waals surface area contributed by atoms with E-state index in [1.807, 2.05) is 22.6 Å². The number of halogens is 3. The number of nitrogens with one attached hydrogen (secondary N) is 4. The van der Waals surface area contributed by atoms with Crippen LogP contribution in [0.25, 0.3) is 0 Å². The fourth-order valence-corrected chi connectivity index (χ4v) is 4.86. The Morgan fingerprint density at radius 1 is 1.21 bits per heavy atom. The van der Waals surface area contributed by atoms with Crippen LogP contribution in [0.4, 0.5) is 21.6 Å². The Bertz CT molecular complexity index is 1590. The minimum Gasteiger partial charge on any atom is -0.454 e. The third kappa shape index (κ3) is 6.06. The van der Waals surface area contributed by atoms with Gasteiger partial charge in [0.2, 0.25) is 0 Å². The first kappa shape index (κ1) is 28.1. The first-order valence-electron chi connectivity index (χ1n) is 11.4. The van der Waals surface area contributed by atoms with Crippen LogP contribution in [0, 0.1) is 16.3 Å². The van der Waals surface area contributed by atoms with E-state index in [2.05, 4.69) is 20.1 Å². The molecule has 0 atom stereocenters. The fourth-order valence-electron chi connectivity index (χ4n) is 3.58. The molecule has 202 valence electrons. The molecule has 0 aliphatic heterocycles.